The van der Waals surface area contributed by atoms with E-state index in [-0.39, 0.29) is 60.3 Å². The summed E-state index contributed by atoms with van der Waals surface area (Å²) in [6.45, 7) is 9.01. The van der Waals surface area contributed by atoms with Crippen LogP contribution in [0.1, 0.15) is 24.6 Å². The van der Waals surface area contributed by atoms with Crippen molar-refractivity contribution < 1.29 is 36.7 Å². The smallest absolute Gasteiger partial charge is 0.366 e. The molecule has 2 aromatic rings. The summed E-state index contributed by atoms with van der Waals surface area (Å²) >= 11 is 0. The van der Waals surface area contributed by atoms with Gasteiger partial charge in [0.1, 0.15) is 17.7 Å². The van der Waals surface area contributed by atoms with E-state index in [2.05, 4.69) is 11.6 Å². The van der Waals surface area contributed by atoms with Gasteiger partial charge in [-0.15, -0.1) is 0 Å². The number of carbonyl (C=O) groups is 4. The predicted octanol–water partition coefficient (Wildman–Crippen LogP) is 2.68. The molecule has 256 valence electrons. The lowest BCUT2D eigenvalue weighted by Crippen LogP contribution is -2.67. The highest BCUT2D eigenvalue weighted by atomic mass is 19.4. The lowest BCUT2D eigenvalue weighted by Gasteiger charge is -2.49. The highest BCUT2D eigenvalue weighted by Gasteiger charge is 2.50. The van der Waals surface area contributed by atoms with Crippen LogP contribution in [0.25, 0.3) is 0 Å². The number of para-hydroxylation sites is 1. The molecule has 0 saturated carbocycles. The first kappa shape index (κ1) is 33.4. The molecule has 1 aromatic heterocycles. The summed E-state index contributed by atoms with van der Waals surface area (Å²) in [5, 5.41) is 0. The molecule has 0 unspecified atom stereocenters. The third-order valence-electron chi connectivity index (χ3n) is 9.89. The Bertz CT molecular complexity index is 1670. The molecule has 0 spiro atoms. The number of hydrogen-bond donors (Lipinski definition) is 0. The van der Waals surface area contributed by atoms with Crippen LogP contribution in [0.3, 0.4) is 0 Å². The number of rotatable bonds is 5. The maximum Gasteiger partial charge on any atom is 0.416 e. The third kappa shape index (κ3) is 5.88. The molecule has 3 fully saturated rings. The van der Waals surface area contributed by atoms with E-state index in [9.17, 15) is 32.3 Å². The normalized spacial score (nSPS) is 25.1. The summed E-state index contributed by atoms with van der Waals surface area (Å²) in [5.74, 6) is -2.95. The molecule has 48 heavy (non-hydrogen) atoms. The maximum absolute atomic E-state index is 15.7. The fourth-order valence-electron chi connectivity index (χ4n) is 7.46. The summed E-state index contributed by atoms with van der Waals surface area (Å²) in [7, 11) is 1.45. The molecule has 5 heterocycles. The number of amides is 4. The summed E-state index contributed by atoms with van der Waals surface area (Å²) in [6.07, 6.45) is -3.60. The highest BCUT2D eigenvalue weighted by molar-refractivity contribution is 6.10. The predicted molar refractivity (Wildman–Crippen MR) is 169 cm³/mol. The largest absolute Gasteiger partial charge is 0.416 e. The van der Waals surface area contributed by atoms with Gasteiger partial charge in [-0.3, -0.25) is 29.0 Å². The van der Waals surface area contributed by atoms with Crippen LogP contribution in [0.5, 0.6) is 0 Å². The summed E-state index contributed by atoms with van der Waals surface area (Å²) in [6, 6.07) is 4.08. The Balaban J connectivity index is 1.31. The number of aryl methyl sites for hydroxylation is 1. The van der Waals surface area contributed by atoms with E-state index in [1.807, 2.05) is 11.8 Å². The van der Waals surface area contributed by atoms with Gasteiger partial charge in [-0.1, -0.05) is 12.6 Å². The lowest BCUT2D eigenvalue weighted by atomic mass is 9.95. The Morgan fingerprint density at radius 2 is 1.81 bits per heavy atom. The first-order chi connectivity index (χ1) is 22.7. The summed E-state index contributed by atoms with van der Waals surface area (Å²) < 4.78 is 56.9. The summed E-state index contributed by atoms with van der Waals surface area (Å²) in [4.78, 5) is 66.9. The van der Waals surface area contributed by atoms with Crippen molar-refractivity contribution in [3.05, 3.63) is 60.1 Å². The van der Waals surface area contributed by atoms with Crippen molar-refractivity contribution in [3.63, 3.8) is 0 Å². The van der Waals surface area contributed by atoms with Gasteiger partial charge in [-0.25, -0.2) is 9.37 Å². The molecule has 4 aliphatic rings. The monoisotopic (exact) mass is 671 g/mol. The number of hydrogen-bond acceptors (Lipinski definition) is 7. The van der Waals surface area contributed by atoms with Crippen LogP contribution in [0.4, 0.5) is 34.8 Å². The van der Waals surface area contributed by atoms with Crippen molar-refractivity contribution in [1.29, 1.82) is 0 Å². The van der Waals surface area contributed by atoms with Gasteiger partial charge in [0.25, 0.3) is 0 Å². The van der Waals surface area contributed by atoms with Crippen LogP contribution < -0.4 is 14.7 Å². The number of alkyl halides is 3. The molecule has 11 nitrogen and oxygen atoms in total. The van der Waals surface area contributed by atoms with Crippen LogP contribution in [0, 0.1) is 18.7 Å². The van der Waals surface area contributed by atoms with Gasteiger partial charge in [-0.2, -0.15) is 13.2 Å². The van der Waals surface area contributed by atoms with Gasteiger partial charge in [-0.05, 0) is 44.2 Å². The second kappa shape index (κ2) is 12.5. The molecule has 4 aliphatic heterocycles. The van der Waals surface area contributed by atoms with Crippen molar-refractivity contribution >= 4 is 40.8 Å². The number of fused-ring (bicyclic) bond motifs is 3. The number of anilines is 3. The minimum Gasteiger partial charge on any atom is -0.366 e. The molecule has 6 rings (SSSR count). The van der Waals surface area contributed by atoms with E-state index in [1.165, 1.54) is 37.1 Å². The van der Waals surface area contributed by atoms with Gasteiger partial charge in [0, 0.05) is 70.9 Å². The Hall–Kier alpha value is -4.53. The zero-order valence-electron chi connectivity index (χ0n) is 26.9. The van der Waals surface area contributed by atoms with E-state index in [0.717, 1.165) is 17.0 Å². The molecule has 1 aromatic carbocycles. The summed E-state index contributed by atoms with van der Waals surface area (Å²) in [5.41, 5.74) is -0.550. The SMILES string of the molecule is C=CC(=O)N1CCN2C(=O)[C@@H](C)N(CCN3C[C@H]4CC(=O)N(c5cc(C(F)(F)F)cc(C)n5)[C@@H]4C(=O)N(C)c4cccc(F)c43)C[C@@H]2C1. The first-order valence-electron chi connectivity index (χ1n) is 15.8. The standard InChI is InChI=1S/C33H37F4N7O4/c1-5-27(45)41-11-12-43-23(18-41)17-40(20(3)31(43)47)9-10-42-16-21-14-28(46)44(26-15-22(33(35,36)37)13-19(2)38-26)29(21)32(48)39(4)25-8-6-7-24(34)30(25)42/h5-8,13,15,20-21,23,29H,1,9-12,14,16-18H2,2-4H3/t20-,21-,23-,29+/m1/s1. The quantitative estimate of drug-likeness (QED) is 0.356. The first-order valence-corrected chi connectivity index (χ1v) is 15.8. The van der Waals surface area contributed by atoms with Crippen molar-refractivity contribution in [2.24, 2.45) is 5.92 Å². The molecule has 0 N–H and O–H groups in total. The fraction of sp³-hybridized carbons (Fsp3) is 0.485. The molecule has 4 atom stereocenters. The van der Waals surface area contributed by atoms with Gasteiger partial charge in [0.05, 0.1) is 29.0 Å². The number of benzene rings is 1. The Morgan fingerprint density at radius 1 is 1.06 bits per heavy atom. The van der Waals surface area contributed by atoms with Gasteiger partial charge >= 0.3 is 6.18 Å². The molecule has 3 saturated heterocycles. The number of pyridine rings is 1. The number of carbonyl (C=O) groups excluding carboxylic acids is 4. The van der Waals surface area contributed by atoms with E-state index >= 15 is 4.39 Å². The topological polar surface area (TPSA) is 101 Å². The van der Waals surface area contributed by atoms with Crippen molar-refractivity contribution in [2.45, 2.75) is 44.6 Å². The van der Waals surface area contributed by atoms with Crippen molar-refractivity contribution in [2.75, 3.05) is 67.6 Å². The van der Waals surface area contributed by atoms with Gasteiger partial charge in [0.2, 0.25) is 23.6 Å². The van der Waals surface area contributed by atoms with Crippen LogP contribution in [-0.2, 0) is 25.4 Å². The number of halogens is 4. The van der Waals surface area contributed by atoms with Crippen LogP contribution in [0.15, 0.2) is 43.0 Å². The molecule has 0 bridgehead atoms. The Labute approximate surface area is 275 Å². The molecule has 0 aliphatic carbocycles. The fourth-order valence-corrected chi connectivity index (χ4v) is 7.46. The Kier molecular flexibility index (Phi) is 8.68. The van der Waals surface area contributed by atoms with Gasteiger partial charge < -0.3 is 19.6 Å². The minimum atomic E-state index is -4.69. The molecule has 0 radical (unpaired) electrons. The highest BCUT2D eigenvalue weighted by Crippen LogP contribution is 2.41. The second-order valence-corrected chi connectivity index (χ2v) is 12.8. The number of piperazine rings is 2. The van der Waals surface area contributed by atoms with Crippen LogP contribution in [0.2, 0.25) is 0 Å². The number of likely N-dealkylation sites (N-methyl/N-ethyl adjacent to an activating group) is 1. The van der Waals surface area contributed by atoms with Crippen molar-refractivity contribution in [1.82, 2.24) is 19.7 Å². The molecular weight excluding hydrogens is 634 g/mol. The average molecular weight is 672 g/mol. The number of aromatic nitrogens is 1. The zero-order valence-corrected chi connectivity index (χ0v) is 26.9. The van der Waals surface area contributed by atoms with E-state index in [0.29, 0.717) is 32.7 Å². The minimum absolute atomic E-state index is 0.0375. The lowest BCUT2D eigenvalue weighted by molar-refractivity contribution is -0.152. The van der Waals surface area contributed by atoms with Crippen molar-refractivity contribution in [3.8, 4) is 0 Å². The van der Waals surface area contributed by atoms with Crippen LogP contribution >= 0.6 is 0 Å². The van der Waals surface area contributed by atoms with Crippen LogP contribution in [-0.4, -0.2) is 114 Å². The molecule has 15 heteroatoms. The Morgan fingerprint density at radius 3 is 2.52 bits per heavy atom. The maximum atomic E-state index is 15.7. The van der Waals surface area contributed by atoms with E-state index < -0.39 is 47.4 Å². The average Bonchev–Trinajstić information content (AvgIpc) is 3.37. The third-order valence-corrected chi connectivity index (χ3v) is 9.89. The van der Waals surface area contributed by atoms with E-state index in [1.54, 1.807) is 20.8 Å². The number of nitrogens with zero attached hydrogens (tertiary/aromatic N) is 7. The molecular formula is C33H37F4N7O4. The second-order valence-electron chi connectivity index (χ2n) is 12.8. The zero-order chi connectivity index (χ0) is 34.7. The van der Waals surface area contributed by atoms with E-state index in [4.69, 9.17) is 0 Å². The molecule has 4 amide bonds. The van der Waals surface area contributed by atoms with Gasteiger partial charge in [0.15, 0.2) is 0 Å².